The lowest BCUT2D eigenvalue weighted by Gasteiger charge is -2.60. The third-order valence-corrected chi connectivity index (χ3v) is 16.3. The quantitative estimate of drug-likeness (QED) is 0.349. The van der Waals surface area contributed by atoms with E-state index in [4.69, 9.17) is 23.7 Å². The van der Waals surface area contributed by atoms with Crippen molar-refractivity contribution in [3.63, 3.8) is 0 Å². The Morgan fingerprint density at radius 3 is 2.45 bits per heavy atom. The van der Waals surface area contributed by atoms with Gasteiger partial charge in [0.25, 0.3) is 0 Å². The predicted octanol–water partition coefficient (Wildman–Crippen LogP) is 5.73. The number of carbonyl (C=O) groups excluding carboxylic acids is 1. The molecule has 9 unspecified atom stereocenters. The van der Waals surface area contributed by atoms with Crippen molar-refractivity contribution in [2.45, 2.75) is 154 Å². The van der Waals surface area contributed by atoms with E-state index in [1.54, 1.807) is 13.8 Å². The summed E-state index contributed by atoms with van der Waals surface area (Å²) in [4.78, 5) is 15.2. The van der Waals surface area contributed by atoms with Crippen LogP contribution < -0.4 is 0 Å². The molecule has 12 atom stereocenters. The Balaban J connectivity index is 0.891. The molecular weight excluding hydrogens is 594 g/mol. The number of hydrogen-bond donors (Lipinski definition) is 1. The highest BCUT2D eigenvalue weighted by atomic mass is 16.7. The lowest BCUT2D eigenvalue weighted by Crippen LogP contribution is -2.58. The molecule has 0 aromatic heterocycles. The van der Waals surface area contributed by atoms with E-state index in [9.17, 15) is 9.90 Å². The van der Waals surface area contributed by atoms with Crippen molar-refractivity contribution in [2.75, 3.05) is 32.9 Å². The lowest BCUT2D eigenvalue weighted by atomic mass is 9.46. The predicted molar refractivity (Wildman–Crippen MR) is 175 cm³/mol. The molecule has 264 valence electrons. The van der Waals surface area contributed by atoms with Gasteiger partial charge in [-0.25, -0.2) is 0 Å². The Labute approximate surface area is 282 Å². The molecule has 0 aromatic carbocycles. The zero-order valence-electron chi connectivity index (χ0n) is 29.7. The number of carbonyl (C=O) groups is 1. The van der Waals surface area contributed by atoms with Gasteiger partial charge in [-0.05, 0) is 136 Å². The number of morpholine rings is 1. The van der Waals surface area contributed by atoms with Gasteiger partial charge in [-0.1, -0.05) is 20.8 Å². The SMILES string of the molecule is CC12CC[C@@]34CC35CC[C@H](OC3CN(C6COC6)CCO3)C(C)(C)C5CCC4C1CC1OC([C@H](OC(=O)C3CC3)C(C)(C)O)CCC12. The van der Waals surface area contributed by atoms with Gasteiger partial charge in [0.2, 0.25) is 0 Å². The molecule has 0 bridgehead atoms. The molecule has 8 nitrogen and oxygen atoms in total. The van der Waals surface area contributed by atoms with Crippen LogP contribution in [0.3, 0.4) is 0 Å². The summed E-state index contributed by atoms with van der Waals surface area (Å²) < 4.78 is 31.6. The van der Waals surface area contributed by atoms with Crippen molar-refractivity contribution >= 4 is 5.97 Å². The van der Waals surface area contributed by atoms with Crippen LogP contribution in [0.1, 0.15) is 112 Å². The van der Waals surface area contributed by atoms with Crippen LogP contribution in [-0.2, 0) is 28.5 Å². The molecule has 1 N–H and O–H groups in total. The molecule has 6 saturated carbocycles. The molecule has 8 heteroatoms. The molecule has 0 radical (unpaired) electrons. The van der Waals surface area contributed by atoms with E-state index in [2.05, 4.69) is 25.7 Å². The summed E-state index contributed by atoms with van der Waals surface area (Å²) in [6, 6.07) is 0.537. The fourth-order valence-corrected chi connectivity index (χ4v) is 13.6. The summed E-state index contributed by atoms with van der Waals surface area (Å²) >= 11 is 0. The Morgan fingerprint density at radius 2 is 1.72 bits per heavy atom. The summed E-state index contributed by atoms with van der Waals surface area (Å²) in [6.45, 7) is 15.5. The highest BCUT2D eigenvalue weighted by Crippen LogP contribution is 2.87. The highest BCUT2D eigenvalue weighted by molar-refractivity contribution is 5.75. The van der Waals surface area contributed by atoms with Crippen molar-refractivity contribution < 1.29 is 33.6 Å². The van der Waals surface area contributed by atoms with Crippen molar-refractivity contribution in [1.82, 2.24) is 4.90 Å². The van der Waals surface area contributed by atoms with Gasteiger partial charge in [0.15, 0.2) is 12.4 Å². The van der Waals surface area contributed by atoms with Crippen LogP contribution in [0.15, 0.2) is 0 Å². The first kappa shape index (κ1) is 32.2. The Hall–Kier alpha value is -0.770. The molecule has 3 heterocycles. The van der Waals surface area contributed by atoms with E-state index in [0.717, 1.165) is 77.4 Å². The van der Waals surface area contributed by atoms with E-state index in [-0.39, 0.29) is 41.9 Å². The van der Waals surface area contributed by atoms with Crippen molar-refractivity contribution in [3.05, 3.63) is 0 Å². The van der Waals surface area contributed by atoms with Crippen LogP contribution in [-0.4, -0.2) is 91.2 Å². The molecule has 0 amide bonds. The minimum absolute atomic E-state index is 0.0201. The molecule has 3 aliphatic heterocycles. The first-order valence-electron chi connectivity index (χ1n) is 19.5. The van der Waals surface area contributed by atoms with E-state index in [0.29, 0.717) is 40.0 Å². The standard InChI is InChI=1S/C39H61NO7/c1-35(2)30-11-9-25-27-18-29-26(8-10-28(45-29)33(36(3,4)42)47-34(41)23-6-7-23)37(27,5)14-15-38(25)22-39(30,38)13-12-31(35)46-32-19-40(16-17-44-32)24-20-43-21-24/h23-33,42H,6-22H2,1-5H3/t25?,26?,27?,28?,29?,30?,31-,32?,33-,37?,38-,39?/m0/s1. The van der Waals surface area contributed by atoms with Crippen LogP contribution in [0.2, 0.25) is 0 Å². The number of aliphatic hydroxyl groups is 1. The third-order valence-electron chi connectivity index (χ3n) is 16.3. The van der Waals surface area contributed by atoms with Gasteiger partial charge in [0.05, 0.1) is 62.2 Å². The van der Waals surface area contributed by atoms with E-state index < -0.39 is 11.7 Å². The Bertz CT molecular complexity index is 1240. The summed E-state index contributed by atoms with van der Waals surface area (Å²) in [5.74, 6) is 2.65. The van der Waals surface area contributed by atoms with Gasteiger partial charge in [0, 0.05) is 6.54 Å². The van der Waals surface area contributed by atoms with Gasteiger partial charge in [-0.2, -0.15) is 0 Å². The largest absolute Gasteiger partial charge is 0.456 e. The monoisotopic (exact) mass is 655 g/mol. The normalized spacial score (nSPS) is 49.7. The molecule has 3 saturated heterocycles. The average Bonchev–Trinajstić information content (AvgIpc) is 3.91. The van der Waals surface area contributed by atoms with Crippen molar-refractivity contribution in [3.8, 4) is 0 Å². The Kier molecular flexibility index (Phi) is 7.44. The molecule has 9 rings (SSSR count). The van der Waals surface area contributed by atoms with Crippen molar-refractivity contribution in [1.29, 1.82) is 0 Å². The third kappa shape index (κ3) is 4.83. The molecule has 47 heavy (non-hydrogen) atoms. The van der Waals surface area contributed by atoms with Gasteiger partial charge in [0.1, 0.15) is 0 Å². The van der Waals surface area contributed by atoms with Crippen LogP contribution >= 0.6 is 0 Å². The van der Waals surface area contributed by atoms with Crippen LogP contribution in [0.4, 0.5) is 0 Å². The van der Waals surface area contributed by atoms with Gasteiger partial charge in [-0.15, -0.1) is 0 Å². The molecular formula is C39H61NO7. The number of rotatable bonds is 7. The molecule has 6 aliphatic carbocycles. The zero-order valence-corrected chi connectivity index (χ0v) is 29.7. The minimum atomic E-state index is -1.12. The van der Waals surface area contributed by atoms with Gasteiger partial charge < -0.3 is 28.8 Å². The first-order chi connectivity index (χ1) is 22.4. The van der Waals surface area contributed by atoms with E-state index >= 15 is 0 Å². The molecule has 0 aromatic rings. The van der Waals surface area contributed by atoms with Crippen LogP contribution in [0, 0.1) is 51.2 Å². The fraction of sp³-hybridized carbons (Fsp3) is 0.974. The number of nitrogens with zero attached hydrogens (tertiary/aromatic N) is 1. The fourth-order valence-electron chi connectivity index (χ4n) is 13.6. The van der Waals surface area contributed by atoms with Crippen molar-refractivity contribution in [2.24, 2.45) is 51.2 Å². The second-order valence-corrected chi connectivity index (χ2v) is 19.2. The van der Waals surface area contributed by atoms with Crippen LogP contribution in [0.5, 0.6) is 0 Å². The maximum atomic E-state index is 12.7. The van der Waals surface area contributed by atoms with Gasteiger partial charge >= 0.3 is 5.97 Å². The number of esters is 1. The lowest BCUT2D eigenvalue weighted by molar-refractivity contribution is -0.253. The summed E-state index contributed by atoms with van der Waals surface area (Å²) in [7, 11) is 0. The van der Waals surface area contributed by atoms with E-state index in [1.807, 2.05) is 0 Å². The average molecular weight is 656 g/mol. The topological polar surface area (TPSA) is 86.7 Å². The van der Waals surface area contributed by atoms with E-state index in [1.165, 1.54) is 38.5 Å². The highest BCUT2D eigenvalue weighted by Gasteiger charge is 2.80. The number of fused-ring (bicyclic) bond motifs is 4. The summed E-state index contributed by atoms with van der Waals surface area (Å²) in [5, 5.41) is 11.1. The molecule has 2 spiro atoms. The second kappa shape index (κ2) is 10.9. The first-order valence-corrected chi connectivity index (χ1v) is 19.5. The molecule has 9 aliphatic rings. The maximum absolute atomic E-state index is 12.7. The Morgan fingerprint density at radius 1 is 0.936 bits per heavy atom. The maximum Gasteiger partial charge on any atom is 0.309 e. The van der Waals surface area contributed by atoms with Gasteiger partial charge in [-0.3, -0.25) is 9.69 Å². The smallest absolute Gasteiger partial charge is 0.309 e. The summed E-state index contributed by atoms with van der Waals surface area (Å²) in [6.07, 6.45) is 13.7. The van der Waals surface area contributed by atoms with Crippen LogP contribution in [0.25, 0.3) is 0 Å². The number of hydrogen-bond acceptors (Lipinski definition) is 8. The zero-order chi connectivity index (χ0) is 32.6. The summed E-state index contributed by atoms with van der Waals surface area (Å²) in [5.41, 5.74) is 0.311. The second-order valence-electron chi connectivity index (χ2n) is 19.2. The minimum Gasteiger partial charge on any atom is -0.456 e. The molecule has 9 fully saturated rings. The number of ether oxygens (including phenoxy) is 5.